The first kappa shape index (κ1) is 18.7. The average Bonchev–Trinajstić information content (AvgIpc) is 3.13. The summed E-state index contributed by atoms with van der Waals surface area (Å²) in [7, 11) is 1.66. The second kappa shape index (κ2) is 8.54. The van der Waals surface area contributed by atoms with Crippen molar-refractivity contribution in [3.8, 4) is 5.75 Å². The number of amides is 1. The zero-order chi connectivity index (χ0) is 19.2. The molecule has 3 rings (SSSR count). The third-order valence-corrected chi connectivity index (χ3v) is 4.61. The van der Waals surface area contributed by atoms with E-state index in [1.165, 1.54) is 0 Å². The molecule has 0 saturated carbocycles. The Hall–Kier alpha value is -3.08. The molecule has 1 amide bonds. The van der Waals surface area contributed by atoms with Crippen LogP contribution in [0.15, 0.2) is 60.9 Å². The molecule has 0 spiro atoms. The summed E-state index contributed by atoms with van der Waals surface area (Å²) >= 11 is 0. The van der Waals surface area contributed by atoms with E-state index in [2.05, 4.69) is 9.55 Å². The number of rotatable bonds is 7. The minimum Gasteiger partial charge on any atom is -0.497 e. The SMILES string of the molecule is CCN(Cc1nccn1Cc1ccc(OC)cc1)C(=O)c1ccc(C)cc1. The second-order valence-corrected chi connectivity index (χ2v) is 6.50. The number of hydrogen-bond acceptors (Lipinski definition) is 3. The number of aromatic nitrogens is 2. The lowest BCUT2D eigenvalue weighted by atomic mass is 10.1. The molecule has 2 aromatic carbocycles. The van der Waals surface area contributed by atoms with Crippen molar-refractivity contribution in [3.63, 3.8) is 0 Å². The van der Waals surface area contributed by atoms with Crippen molar-refractivity contribution in [1.82, 2.24) is 14.5 Å². The molecule has 3 aromatic rings. The zero-order valence-corrected chi connectivity index (χ0v) is 16.1. The van der Waals surface area contributed by atoms with Gasteiger partial charge in [-0.1, -0.05) is 29.8 Å². The van der Waals surface area contributed by atoms with Gasteiger partial charge in [0.05, 0.1) is 13.7 Å². The van der Waals surface area contributed by atoms with Crippen LogP contribution in [0.25, 0.3) is 0 Å². The van der Waals surface area contributed by atoms with Crippen molar-refractivity contribution in [2.75, 3.05) is 13.7 Å². The Bertz CT molecular complexity index is 883. The van der Waals surface area contributed by atoms with Gasteiger partial charge >= 0.3 is 0 Å². The van der Waals surface area contributed by atoms with Gasteiger partial charge in [-0.2, -0.15) is 0 Å². The van der Waals surface area contributed by atoms with Crippen molar-refractivity contribution in [2.45, 2.75) is 26.9 Å². The predicted octanol–water partition coefficient (Wildman–Crippen LogP) is 3.91. The summed E-state index contributed by atoms with van der Waals surface area (Å²) in [4.78, 5) is 19.1. The van der Waals surface area contributed by atoms with Gasteiger partial charge in [-0.3, -0.25) is 4.79 Å². The molecule has 0 unspecified atom stereocenters. The van der Waals surface area contributed by atoms with Crippen LogP contribution in [-0.4, -0.2) is 34.0 Å². The van der Waals surface area contributed by atoms with Crippen molar-refractivity contribution in [3.05, 3.63) is 83.4 Å². The molecular weight excluding hydrogens is 338 g/mol. The number of carbonyl (C=O) groups excluding carboxylic acids is 1. The highest BCUT2D eigenvalue weighted by atomic mass is 16.5. The van der Waals surface area contributed by atoms with Gasteiger partial charge in [0.2, 0.25) is 0 Å². The molecule has 0 atom stereocenters. The number of imidazole rings is 1. The maximum Gasteiger partial charge on any atom is 0.254 e. The molecule has 0 aliphatic rings. The van der Waals surface area contributed by atoms with Crippen molar-refractivity contribution >= 4 is 5.91 Å². The fraction of sp³-hybridized carbons (Fsp3) is 0.273. The van der Waals surface area contributed by atoms with E-state index in [9.17, 15) is 4.79 Å². The van der Waals surface area contributed by atoms with Gasteiger partial charge in [-0.05, 0) is 43.7 Å². The number of ether oxygens (including phenoxy) is 1. The summed E-state index contributed by atoms with van der Waals surface area (Å²) in [5, 5.41) is 0. The zero-order valence-electron chi connectivity index (χ0n) is 16.1. The lowest BCUT2D eigenvalue weighted by Crippen LogP contribution is -2.31. The van der Waals surface area contributed by atoms with E-state index in [1.807, 2.05) is 73.5 Å². The summed E-state index contributed by atoms with van der Waals surface area (Å²) in [6.45, 7) is 5.81. The molecule has 5 heteroatoms. The molecule has 0 fully saturated rings. The first-order chi connectivity index (χ1) is 13.1. The smallest absolute Gasteiger partial charge is 0.254 e. The summed E-state index contributed by atoms with van der Waals surface area (Å²) in [6.07, 6.45) is 3.73. The summed E-state index contributed by atoms with van der Waals surface area (Å²) in [6, 6.07) is 15.7. The van der Waals surface area contributed by atoms with Crippen LogP contribution < -0.4 is 4.74 Å². The minimum atomic E-state index is 0.0245. The summed E-state index contributed by atoms with van der Waals surface area (Å²) in [5.41, 5.74) is 3.00. The summed E-state index contributed by atoms with van der Waals surface area (Å²) in [5.74, 6) is 1.73. The third kappa shape index (κ3) is 4.56. The van der Waals surface area contributed by atoms with Gasteiger partial charge in [-0.15, -0.1) is 0 Å². The molecule has 0 bridgehead atoms. The van der Waals surface area contributed by atoms with E-state index < -0.39 is 0 Å². The van der Waals surface area contributed by atoms with Crippen molar-refractivity contribution in [2.24, 2.45) is 0 Å². The molecule has 0 aliphatic carbocycles. The van der Waals surface area contributed by atoms with Crippen LogP contribution in [0.1, 0.15) is 34.2 Å². The molecule has 1 aromatic heterocycles. The summed E-state index contributed by atoms with van der Waals surface area (Å²) < 4.78 is 7.28. The van der Waals surface area contributed by atoms with Crippen molar-refractivity contribution in [1.29, 1.82) is 0 Å². The van der Waals surface area contributed by atoms with Crippen molar-refractivity contribution < 1.29 is 9.53 Å². The first-order valence-electron chi connectivity index (χ1n) is 9.09. The Morgan fingerprint density at radius 2 is 1.81 bits per heavy atom. The van der Waals surface area contributed by atoms with Gasteiger partial charge in [0, 0.05) is 31.0 Å². The number of nitrogens with zero attached hydrogens (tertiary/aromatic N) is 3. The highest BCUT2D eigenvalue weighted by molar-refractivity contribution is 5.94. The Balaban J connectivity index is 1.73. The van der Waals surface area contributed by atoms with Gasteiger partial charge in [0.1, 0.15) is 11.6 Å². The van der Waals surface area contributed by atoms with E-state index in [-0.39, 0.29) is 5.91 Å². The monoisotopic (exact) mass is 363 g/mol. The number of hydrogen-bond donors (Lipinski definition) is 0. The Morgan fingerprint density at radius 3 is 2.44 bits per heavy atom. The largest absolute Gasteiger partial charge is 0.497 e. The van der Waals surface area contributed by atoms with Crippen LogP contribution in [0.4, 0.5) is 0 Å². The maximum atomic E-state index is 12.8. The molecule has 27 heavy (non-hydrogen) atoms. The third-order valence-electron chi connectivity index (χ3n) is 4.61. The molecule has 5 nitrogen and oxygen atoms in total. The lowest BCUT2D eigenvalue weighted by Gasteiger charge is -2.21. The number of aryl methyl sites for hydroxylation is 1. The van der Waals surface area contributed by atoms with E-state index in [4.69, 9.17) is 4.74 Å². The molecule has 140 valence electrons. The number of carbonyl (C=O) groups is 1. The average molecular weight is 363 g/mol. The van der Waals surface area contributed by atoms with Crippen LogP contribution in [-0.2, 0) is 13.1 Å². The standard InChI is InChI=1S/C22H25N3O2/c1-4-24(22(26)19-9-5-17(2)6-10-19)16-21-23-13-14-25(21)15-18-7-11-20(27-3)12-8-18/h5-14H,4,15-16H2,1-3H3. The minimum absolute atomic E-state index is 0.0245. The van der Waals surface area contributed by atoms with Gasteiger partial charge in [0.15, 0.2) is 0 Å². The van der Waals surface area contributed by atoms with E-state index >= 15 is 0 Å². The fourth-order valence-electron chi connectivity index (χ4n) is 2.94. The van der Waals surface area contributed by atoms with Crippen LogP contribution in [0.3, 0.4) is 0 Å². The number of methoxy groups -OCH3 is 1. The maximum absolute atomic E-state index is 12.8. The van der Waals surface area contributed by atoms with Gasteiger partial charge in [0.25, 0.3) is 5.91 Å². The second-order valence-electron chi connectivity index (χ2n) is 6.50. The Kier molecular flexibility index (Phi) is 5.91. The van der Waals surface area contributed by atoms with Crippen LogP contribution in [0.2, 0.25) is 0 Å². The van der Waals surface area contributed by atoms with E-state index in [1.54, 1.807) is 13.3 Å². The molecular formula is C22H25N3O2. The topological polar surface area (TPSA) is 47.4 Å². The molecule has 0 N–H and O–H groups in total. The molecule has 1 heterocycles. The molecule has 0 aliphatic heterocycles. The van der Waals surface area contributed by atoms with Gasteiger partial charge < -0.3 is 14.2 Å². The number of benzene rings is 2. The van der Waals surface area contributed by atoms with E-state index in [0.29, 0.717) is 25.2 Å². The highest BCUT2D eigenvalue weighted by Crippen LogP contribution is 2.15. The quantitative estimate of drug-likeness (QED) is 0.639. The molecule has 0 radical (unpaired) electrons. The van der Waals surface area contributed by atoms with Crippen LogP contribution >= 0.6 is 0 Å². The fourth-order valence-corrected chi connectivity index (χ4v) is 2.94. The van der Waals surface area contributed by atoms with Crippen LogP contribution in [0, 0.1) is 6.92 Å². The van der Waals surface area contributed by atoms with Gasteiger partial charge in [-0.25, -0.2) is 4.98 Å². The Labute approximate surface area is 160 Å². The normalized spacial score (nSPS) is 10.6. The molecule has 0 saturated heterocycles. The van der Waals surface area contributed by atoms with Crippen LogP contribution in [0.5, 0.6) is 5.75 Å². The Morgan fingerprint density at radius 1 is 1.11 bits per heavy atom. The lowest BCUT2D eigenvalue weighted by molar-refractivity contribution is 0.0747. The highest BCUT2D eigenvalue weighted by Gasteiger charge is 2.17. The first-order valence-corrected chi connectivity index (χ1v) is 9.09. The van der Waals surface area contributed by atoms with E-state index in [0.717, 1.165) is 22.7 Å². The predicted molar refractivity (Wildman–Crippen MR) is 106 cm³/mol.